The van der Waals surface area contributed by atoms with Gasteiger partial charge in [-0.1, -0.05) is 29.3 Å². The van der Waals surface area contributed by atoms with Crippen LogP contribution < -0.4 is 0 Å². The van der Waals surface area contributed by atoms with Crippen LogP contribution in [0.25, 0.3) is 11.1 Å². The monoisotopic (exact) mass is 351 g/mol. The molecule has 0 amide bonds. The molecule has 120 valence electrons. The van der Waals surface area contributed by atoms with E-state index in [1.165, 1.54) is 0 Å². The fourth-order valence-electron chi connectivity index (χ4n) is 2.53. The van der Waals surface area contributed by atoms with Crippen molar-refractivity contribution in [2.75, 3.05) is 6.61 Å². The molecule has 3 aromatic rings. The van der Waals surface area contributed by atoms with Crippen molar-refractivity contribution in [3.05, 3.63) is 57.4 Å². The number of rotatable bonds is 4. The van der Waals surface area contributed by atoms with Gasteiger partial charge in [-0.25, -0.2) is 4.79 Å². The summed E-state index contributed by atoms with van der Waals surface area (Å²) in [6, 6.07) is 9.01. The van der Waals surface area contributed by atoms with Crippen LogP contribution in [0.1, 0.15) is 28.7 Å². The number of halogens is 2. The van der Waals surface area contributed by atoms with Gasteiger partial charge in [-0.3, -0.25) is 0 Å². The fourth-order valence-corrected chi connectivity index (χ4v) is 2.85. The van der Waals surface area contributed by atoms with Crippen molar-refractivity contribution in [2.45, 2.75) is 20.4 Å². The van der Waals surface area contributed by atoms with E-state index in [2.05, 4.69) is 0 Å². The van der Waals surface area contributed by atoms with Gasteiger partial charge in [-0.2, -0.15) is 0 Å². The molecule has 0 atom stereocenters. The van der Waals surface area contributed by atoms with Gasteiger partial charge in [0.2, 0.25) is 0 Å². The minimum atomic E-state index is -0.378. The number of hydrogen-bond donors (Lipinski definition) is 0. The number of aryl methyl sites for hydroxylation is 1. The first kappa shape index (κ1) is 16.0. The number of carbonyl (C=O) groups excluding carboxylic acids is 1. The van der Waals surface area contributed by atoms with E-state index in [0.717, 1.165) is 16.8 Å². The molecule has 0 N–H and O–H groups in total. The summed E-state index contributed by atoms with van der Waals surface area (Å²) < 4.78 is 12.6. The highest BCUT2D eigenvalue weighted by atomic mass is 35.5. The first-order chi connectivity index (χ1) is 11.0. The first-order valence-corrected chi connectivity index (χ1v) is 7.96. The van der Waals surface area contributed by atoms with Gasteiger partial charge in [0.25, 0.3) is 0 Å². The van der Waals surface area contributed by atoms with Crippen molar-refractivity contribution in [1.82, 2.24) is 4.57 Å². The Hall–Kier alpha value is -1.91. The lowest BCUT2D eigenvalue weighted by Crippen LogP contribution is -2.12. The predicted molar refractivity (Wildman–Crippen MR) is 90.5 cm³/mol. The molecular formula is C17H15Cl2NO3. The Labute approximate surface area is 143 Å². The van der Waals surface area contributed by atoms with Gasteiger partial charge in [0.15, 0.2) is 5.58 Å². The van der Waals surface area contributed by atoms with Crippen molar-refractivity contribution < 1.29 is 13.9 Å². The van der Waals surface area contributed by atoms with Crippen LogP contribution in [-0.4, -0.2) is 17.1 Å². The molecule has 6 heteroatoms. The molecule has 2 heterocycles. The Morgan fingerprint density at radius 2 is 2.00 bits per heavy atom. The highest BCUT2D eigenvalue weighted by molar-refractivity contribution is 6.42. The molecular weight excluding hydrogens is 337 g/mol. The summed E-state index contributed by atoms with van der Waals surface area (Å²) in [5, 5.41) is 0.978. The SMILES string of the molecule is CCOC(=O)c1cc2oc(C)cc2n1Cc1ccc(Cl)c(Cl)c1. The molecule has 2 aromatic heterocycles. The summed E-state index contributed by atoms with van der Waals surface area (Å²) in [6.07, 6.45) is 0. The second-order valence-electron chi connectivity index (χ2n) is 5.19. The van der Waals surface area contributed by atoms with E-state index in [1.54, 1.807) is 25.1 Å². The van der Waals surface area contributed by atoms with Crippen LogP contribution in [0.5, 0.6) is 0 Å². The molecule has 0 fully saturated rings. The zero-order valence-corrected chi connectivity index (χ0v) is 14.2. The number of carbonyl (C=O) groups is 1. The average Bonchev–Trinajstić information content (AvgIpc) is 3.01. The second-order valence-corrected chi connectivity index (χ2v) is 6.01. The summed E-state index contributed by atoms with van der Waals surface area (Å²) in [7, 11) is 0. The van der Waals surface area contributed by atoms with Crippen molar-refractivity contribution in [1.29, 1.82) is 0 Å². The second kappa shape index (κ2) is 6.30. The molecule has 3 rings (SSSR count). The van der Waals surface area contributed by atoms with Crippen LogP contribution in [0, 0.1) is 6.92 Å². The molecule has 0 bridgehead atoms. The van der Waals surface area contributed by atoms with Gasteiger partial charge in [0.1, 0.15) is 11.5 Å². The zero-order valence-electron chi connectivity index (χ0n) is 12.7. The maximum absolute atomic E-state index is 12.2. The van der Waals surface area contributed by atoms with E-state index in [9.17, 15) is 4.79 Å². The lowest BCUT2D eigenvalue weighted by atomic mass is 10.2. The van der Waals surface area contributed by atoms with E-state index < -0.39 is 0 Å². The van der Waals surface area contributed by atoms with Crippen molar-refractivity contribution in [2.24, 2.45) is 0 Å². The molecule has 4 nitrogen and oxygen atoms in total. The highest BCUT2D eigenvalue weighted by Crippen LogP contribution is 2.27. The van der Waals surface area contributed by atoms with Gasteiger partial charge in [0, 0.05) is 18.7 Å². The van der Waals surface area contributed by atoms with Gasteiger partial charge in [-0.15, -0.1) is 0 Å². The first-order valence-electron chi connectivity index (χ1n) is 7.20. The Morgan fingerprint density at radius 1 is 1.22 bits per heavy atom. The quantitative estimate of drug-likeness (QED) is 0.616. The molecule has 0 aliphatic rings. The maximum atomic E-state index is 12.2. The lowest BCUT2D eigenvalue weighted by Gasteiger charge is -2.10. The minimum absolute atomic E-state index is 0.317. The summed E-state index contributed by atoms with van der Waals surface area (Å²) >= 11 is 12.0. The Morgan fingerprint density at radius 3 is 2.70 bits per heavy atom. The molecule has 0 aliphatic heterocycles. The minimum Gasteiger partial charge on any atom is -0.461 e. The largest absolute Gasteiger partial charge is 0.461 e. The highest BCUT2D eigenvalue weighted by Gasteiger charge is 2.19. The van der Waals surface area contributed by atoms with Crippen molar-refractivity contribution >= 4 is 40.3 Å². The van der Waals surface area contributed by atoms with Crippen LogP contribution >= 0.6 is 23.2 Å². The van der Waals surface area contributed by atoms with E-state index in [0.29, 0.717) is 34.5 Å². The van der Waals surface area contributed by atoms with Gasteiger partial charge in [-0.05, 0) is 31.5 Å². The molecule has 0 spiro atoms. The third-order valence-electron chi connectivity index (χ3n) is 3.52. The van der Waals surface area contributed by atoms with Crippen molar-refractivity contribution in [3.8, 4) is 0 Å². The Kier molecular flexibility index (Phi) is 4.37. The zero-order chi connectivity index (χ0) is 16.6. The van der Waals surface area contributed by atoms with Crippen LogP contribution in [0.3, 0.4) is 0 Å². The number of fused-ring (bicyclic) bond motifs is 1. The summed E-state index contributed by atoms with van der Waals surface area (Å²) in [5.41, 5.74) is 2.88. The smallest absolute Gasteiger partial charge is 0.355 e. The summed E-state index contributed by atoms with van der Waals surface area (Å²) in [5.74, 6) is 0.407. The average molecular weight is 352 g/mol. The van der Waals surface area contributed by atoms with Gasteiger partial charge in [0.05, 0.1) is 22.2 Å². The molecule has 0 radical (unpaired) electrons. The number of ether oxygens (including phenoxy) is 1. The fraction of sp³-hybridized carbons (Fsp3) is 0.235. The molecule has 0 saturated carbocycles. The number of esters is 1. The van der Waals surface area contributed by atoms with Crippen LogP contribution in [-0.2, 0) is 11.3 Å². The van der Waals surface area contributed by atoms with Crippen LogP contribution in [0.2, 0.25) is 10.0 Å². The normalized spacial score (nSPS) is 11.1. The summed E-state index contributed by atoms with van der Waals surface area (Å²) in [6.45, 7) is 4.43. The van der Waals surface area contributed by atoms with Gasteiger partial charge < -0.3 is 13.7 Å². The standard InChI is InChI=1S/C17H15Cl2NO3/c1-3-22-17(21)15-8-16-14(6-10(2)23-16)20(15)9-11-4-5-12(18)13(19)7-11/h4-8H,3,9H2,1-2H3. The number of aromatic nitrogens is 1. The number of nitrogens with zero attached hydrogens (tertiary/aromatic N) is 1. The Bertz CT molecular complexity index is 879. The predicted octanol–water partition coefficient (Wildman–Crippen LogP) is 5.07. The van der Waals surface area contributed by atoms with Crippen molar-refractivity contribution in [3.63, 3.8) is 0 Å². The number of hydrogen-bond acceptors (Lipinski definition) is 3. The van der Waals surface area contributed by atoms with Gasteiger partial charge >= 0.3 is 5.97 Å². The van der Waals surface area contributed by atoms with E-state index in [1.807, 2.05) is 23.6 Å². The molecule has 23 heavy (non-hydrogen) atoms. The third kappa shape index (κ3) is 3.09. The molecule has 1 aromatic carbocycles. The topological polar surface area (TPSA) is 44.4 Å². The van der Waals surface area contributed by atoms with E-state index >= 15 is 0 Å². The van der Waals surface area contributed by atoms with E-state index in [4.69, 9.17) is 32.4 Å². The number of benzene rings is 1. The molecule has 0 saturated heterocycles. The maximum Gasteiger partial charge on any atom is 0.355 e. The summed E-state index contributed by atoms with van der Waals surface area (Å²) in [4.78, 5) is 12.2. The molecule has 0 aliphatic carbocycles. The molecule has 0 unspecified atom stereocenters. The number of furan rings is 1. The Balaban J connectivity index is 2.07. The third-order valence-corrected chi connectivity index (χ3v) is 4.26. The van der Waals surface area contributed by atoms with Crippen LogP contribution in [0.4, 0.5) is 0 Å². The lowest BCUT2D eigenvalue weighted by molar-refractivity contribution is 0.0515. The van der Waals surface area contributed by atoms with E-state index in [-0.39, 0.29) is 5.97 Å². The van der Waals surface area contributed by atoms with Crippen LogP contribution in [0.15, 0.2) is 34.7 Å².